The van der Waals surface area contributed by atoms with E-state index < -0.39 is 25.0 Å². The smallest absolute Gasteiger partial charge is 0.0780 e. The molecule has 0 N–H and O–H groups in total. The van der Waals surface area contributed by atoms with Gasteiger partial charge in [0.05, 0.1) is 8.07 Å². The second-order valence-electron chi connectivity index (χ2n) is 8.64. The molecule has 0 aliphatic carbocycles. The van der Waals surface area contributed by atoms with Gasteiger partial charge in [-0.3, -0.25) is 0 Å². The van der Waals surface area contributed by atoms with Gasteiger partial charge in [-0.1, -0.05) is 43.0 Å². The second-order valence-corrected chi connectivity index (χ2v) is 27.9. The fourth-order valence-corrected chi connectivity index (χ4v) is 15.7. The van der Waals surface area contributed by atoms with Gasteiger partial charge in [0.15, 0.2) is 0 Å². The quantitative estimate of drug-likeness (QED) is 0.371. The first-order valence-electron chi connectivity index (χ1n) is 9.24. The van der Waals surface area contributed by atoms with Crippen molar-refractivity contribution in [1.29, 1.82) is 0 Å². The lowest BCUT2D eigenvalue weighted by atomic mass is 10.2. The van der Waals surface area contributed by atoms with E-state index in [-0.39, 0.29) is 0 Å². The second kappa shape index (κ2) is 7.61. The van der Waals surface area contributed by atoms with E-state index in [1.807, 2.05) is 0 Å². The fourth-order valence-electron chi connectivity index (χ4n) is 4.05. The number of rotatable bonds is 5. The molecule has 0 amide bonds. The summed E-state index contributed by atoms with van der Waals surface area (Å²) in [7, 11) is -2.41. The summed E-state index contributed by atoms with van der Waals surface area (Å²) in [6.45, 7) is 7.56. The summed E-state index contributed by atoms with van der Waals surface area (Å²) in [5.74, 6) is 8.29. The summed E-state index contributed by atoms with van der Waals surface area (Å²) in [6.07, 6.45) is 5.71. The van der Waals surface area contributed by atoms with Crippen molar-refractivity contribution in [3.63, 3.8) is 0 Å². The zero-order valence-electron chi connectivity index (χ0n) is 15.4. The molecule has 0 aromatic heterocycles. The lowest BCUT2D eigenvalue weighted by Crippen LogP contribution is -2.40. The minimum atomic E-state index is -1.31. The predicted molar refractivity (Wildman–Crippen MR) is 128 cm³/mol. The highest BCUT2D eigenvalue weighted by Crippen LogP contribution is 2.63. The van der Waals surface area contributed by atoms with Gasteiger partial charge >= 0.3 is 0 Å². The van der Waals surface area contributed by atoms with Crippen LogP contribution in [-0.2, 0) is 11.5 Å². The molecular formula is C19H32Br2S2Si. The first-order chi connectivity index (χ1) is 11.2. The molecule has 2 fully saturated rings. The van der Waals surface area contributed by atoms with Crippen LogP contribution in [0, 0.1) is 0 Å². The fraction of sp³-hybridized carbons (Fsp3) is 0.684. The van der Waals surface area contributed by atoms with Gasteiger partial charge in [0.2, 0.25) is 0 Å². The van der Waals surface area contributed by atoms with Crippen molar-refractivity contribution in [2.75, 3.05) is 23.0 Å². The summed E-state index contributed by atoms with van der Waals surface area (Å²) < 4.78 is 0. The molecule has 0 spiro atoms. The Balaban J connectivity index is 1.86. The molecule has 2 aliphatic heterocycles. The Labute approximate surface area is 168 Å². The summed E-state index contributed by atoms with van der Waals surface area (Å²) in [6, 6.07) is 7.57. The molecule has 2 aliphatic rings. The Hall–Kier alpha value is 1.10. The van der Waals surface area contributed by atoms with Gasteiger partial charge in [-0.15, -0.1) is 0 Å². The largest absolute Gasteiger partial charge is 0.179 e. The Morgan fingerprint density at radius 3 is 1.83 bits per heavy atom. The van der Waals surface area contributed by atoms with Crippen LogP contribution in [0.15, 0.2) is 18.2 Å². The maximum Gasteiger partial charge on any atom is 0.0780 e. The highest BCUT2D eigenvalue weighted by molar-refractivity contribution is 9.58. The molecule has 2 saturated heterocycles. The van der Waals surface area contributed by atoms with Gasteiger partial charge in [-0.05, 0) is 89.4 Å². The van der Waals surface area contributed by atoms with E-state index in [0.717, 1.165) is 0 Å². The van der Waals surface area contributed by atoms with Crippen molar-refractivity contribution in [3.05, 3.63) is 29.3 Å². The van der Waals surface area contributed by atoms with Crippen LogP contribution < -0.4 is 5.19 Å². The molecule has 3 rings (SSSR count). The first kappa shape index (κ1) is 19.8. The molecule has 0 bridgehead atoms. The minimum Gasteiger partial charge on any atom is -0.179 e. The van der Waals surface area contributed by atoms with Crippen molar-refractivity contribution in [2.45, 2.75) is 56.8 Å². The van der Waals surface area contributed by atoms with Crippen LogP contribution in [0.1, 0.15) is 36.8 Å². The van der Waals surface area contributed by atoms with E-state index in [4.69, 9.17) is 0 Å². The van der Waals surface area contributed by atoms with Crippen LogP contribution in [0.4, 0.5) is 0 Å². The van der Waals surface area contributed by atoms with E-state index in [1.165, 1.54) is 60.2 Å². The van der Waals surface area contributed by atoms with Crippen LogP contribution in [0.3, 0.4) is 0 Å². The third-order valence-electron chi connectivity index (χ3n) is 5.36. The molecule has 1 aromatic rings. The maximum atomic E-state index is 4.18. The topological polar surface area (TPSA) is 0 Å². The number of hydrogen-bond acceptors (Lipinski definition) is 0. The molecule has 1 aromatic carbocycles. The van der Waals surface area contributed by atoms with Crippen molar-refractivity contribution in [2.24, 2.45) is 0 Å². The molecule has 0 radical (unpaired) electrons. The Morgan fingerprint density at radius 1 is 0.833 bits per heavy atom. The lowest BCUT2D eigenvalue weighted by Gasteiger charge is -2.32. The monoisotopic (exact) mass is 510 g/mol. The van der Waals surface area contributed by atoms with E-state index in [2.05, 4.69) is 67.5 Å². The van der Waals surface area contributed by atoms with Crippen LogP contribution >= 0.6 is 46.5 Å². The van der Waals surface area contributed by atoms with Crippen molar-refractivity contribution < 1.29 is 0 Å². The highest BCUT2D eigenvalue weighted by atomic mass is 79.9. The predicted octanol–water partition coefficient (Wildman–Crippen LogP) is 7.05. The minimum absolute atomic E-state index is 0.542. The molecule has 0 saturated carbocycles. The molecule has 0 nitrogen and oxygen atoms in total. The molecule has 2 heterocycles. The molecule has 24 heavy (non-hydrogen) atoms. The zero-order chi connectivity index (χ0) is 17.4. The third-order valence-corrected chi connectivity index (χ3v) is 18.5. The molecule has 5 heteroatoms. The van der Waals surface area contributed by atoms with E-state index in [1.54, 1.807) is 16.3 Å². The van der Waals surface area contributed by atoms with Crippen LogP contribution in [0.2, 0.25) is 19.6 Å². The normalized spacial score (nSPS) is 25.5. The summed E-state index contributed by atoms with van der Waals surface area (Å²) in [4.78, 5) is 0. The van der Waals surface area contributed by atoms with Gasteiger partial charge in [-0.2, -0.15) is 16.9 Å². The standard InChI is InChI=1S/C19H32Br2S2Si/c1-24(2,3)19-14-17(15-22(20)10-4-5-11-22)8-9-18(19)16-23(21)12-6-7-13-23/h8-9,14H,4-7,10-13,15-16H2,1-3H3. The first-order valence-corrected chi connectivity index (χ1v) is 20.7. The number of halogens is 2. The number of benzene rings is 1. The van der Waals surface area contributed by atoms with Crippen LogP contribution in [0.5, 0.6) is 0 Å². The van der Waals surface area contributed by atoms with Gasteiger partial charge in [-0.25, -0.2) is 0 Å². The van der Waals surface area contributed by atoms with E-state index in [0.29, 0.717) is 0 Å². The molecular weight excluding hydrogens is 480 g/mol. The zero-order valence-corrected chi connectivity index (χ0v) is 21.2. The number of hydrogen-bond donors (Lipinski definition) is 0. The molecule has 138 valence electrons. The lowest BCUT2D eigenvalue weighted by molar-refractivity contribution is 0.949. The van der Waals surface area contributed by atoms with Crippen molar-refractivity contribution in [3.8, 4) is 0 Å². The van der Waals surface area contributed by atoms with Crippen LogP contribution in [0.25, 0.3) is 0 Å². The maximum absolute atomic E-state index is 4.18. The Kier molecular flexibility index (Phi) is 6.29. The average Bonchev–Trinajstić information content (AvgIpc) is 3.09. The van der Waals surface area contributed by atoms with Crippen molar-refractivity contribution in [1.82, 2.24) is 0 Å². The van der Waals surface area contributed by atoms with Gasteiger partial charge in [0.25, 0.3) is 0 Å². The summed E-state index contributed by atoms with van der Waals surface area (Å²) in [5, 5.41) is 1.73. The molecule has 0 atom stereocenters. The molecule has 0 unspecified atom stereocenters. The van der Waals surface area contributed by atoms with Crippen LogP contribution in [-0.4, -0.2) is 31.1 Å². The van der Waals surface area contributed by atoms with E-state index >= 15 is 0 Å². The Morgan fingerprint density at radius 2 is 1.33 bits per heavy atom. The van der Waals surface area contributed by atoms with Gasteiger partial charge < -0.3 is 0 Å². The SMILES string of the molecule is C[Si](C)(C)c1cc(CS2(Br)CCCC2)ccc1CS1(Br)CCCC1. The van der Waals surface area contributed by atoms with Gasteiger partial charge in [0.1, 0.15) is 0 Å². The van der Waals surface area contributed by atoms with Crippen molar-refractivity contribution >= 4 is 59.8 Å². The van der Waals surface area contributed by atoms with E-state index in [9.17, 15) is 0 Å². The average molecular weight is 512 g/mol. The summed E-state index contributed by atoms with van der Waals surface area (Å²) in [5.41, 5.74) is 3.26. The van der Waals surface area contributed by atoms with Gasteiger partial charge in [0, 0.05) is 11.5 Å². The Bertz CT molecular complexity index is 586. The highest BCUT2D eigenvalue weighted by Gasteiger charge is 2.30. The summed E-state index contributed by atoms with van der Waals surface area (Å²) >= 11 is 8.32. The third kappa shape index (κ3) is 4.88.